The number of carbonyl (C=O) groups is 1. The summed E-state index contributed by atoms with van der Waals surface area (Å²) in [6.45, 7) is 0. The molecule has 1 heterocycles. The summed E-state index contributed by atoms with van der Waals surface area (Å²) in [4.78, 5) is 27.0. The molecule has 26 heavy (non-hydrogen) atoms. The van der Waals surface area contributed by atoms with Gasteiger partial charge in [-0.15, -0.1) is 11.3 Å². The number of H-pyrrole nitrogens is 1. The number of aromatic hydroxyl groups is 1. The molecule has 0 atom stereocenters. The van der Waals surface area contributed by atoms with Crippen LogP contribution in [0.25, 0.3) is 12.2 Å². The fraction of sp³-hybridized carbons (Fsp3) is 0.0526. The Morgan fingerprint density at radius 3 is 2.77 bits per heavy atom. The minimum Gasteiger partial charge on any atom is -0.504 e. The first-order valence-electron chi connectivity index (χ1n) is 7.56. The molecule has 0 bridgehead atoms. The SMILES string of the molecule is COc1ccc(/C=c2/s/c(=C\C(=O)c3cccc(Cl)c3)[nH]c2=O)cc1O. The van der Waals surface area contributed by atoms with Gasteiger partial charge in [0.05, 0.1) is 16.3 Å². The highest BCUT2D eigenvalue weighted by atomic mass is 35.5. The van der Waals surface area contributed by atoms with Gasteiger partial charge in [-0.2, -0.15) is 0 Å². The van der Waals surface area contributed by atoms with Crippen molar-refractivity contribution in [1.82, 2.24) is 4.98 Å². The van der Waals surface area contributed by atoms with E-state index in [9.17, 15) is 14.7 Å². The third-order valence-electron chi connectivity index (χ3n) is 3.55. The van der Waals surface area contributed by atoms with Crippen molar-refractivity contribution < 1.29 is 14.6 Å². The molecule has 3 rings (SSSR count). The zero-order valence-electron chi connectivity index (χ0n) is 13.7. The summed E-state index contributed by atoms with van der Waals surface area (Å²) in [5, 5.41) is 10.3. The molecule has 0 aliphatic heterocycles. The van der Waals surface area contributed by atoms with Crippen LogP contribution in [0.5, 0.6) is 11.5 Å². The summed E-state index contributed by atoms with van der Waals surface area (Å²) >= 11 is 7.04. The number of hydrogen-bond acceptors (Lipinski definition) is 5. The monoisotopic (exact) mass is 387 g/mol. The molecule has 0 amide bonds. The highest BCUT2D eigenvalue weighted by Gasteiger charge is 2.05. The average Bonchev–Trinajstić information content (AvgIpc) is 2.94. The number of aromatic amines is 1. The number of methoxy groups -OCH3 is 1. The Bertz CT molecular complexity index is 1150. The van der Waals surface area contributed by atoms with Crippen molar-refractivity contribution in [2.75, 3.05) is 7.11 Å². The number of ether oxygens (including phenoxy) is 1. The van der Waals surface area contributed by atoms with E-state index in [1.165, 1.54) is 19.3 Å². The van der Waals surface area contributed by atoms with Crippen molar-refractivity contribution in [3.8, 4) is 11.5 Å². The van der Waals surface area contributed by atoms with E-state index in [2.05, 4.69) is 4.98 Å². The van der Waals surface area contributed by atoms with Crippen molar-refractivity contribution in [3.63, 3.8) is 0 Å². The zero-order valence-corrected chi connectivity index (χ0v) is 15.2. The topological polar surface area (TPSA) is 79.4 Å². The summed E-state index contributed by atoms with van der Waals surface area (Å²) in [5.41, 5.74) is 0.774. The second kappa shape index (κ2) is 7.59. The number of nitrogens with one attached hydrogen (secondary N) is 1. The van der Waals surface area contributed by atoms with Gasteiger partial charge < -0.3 is 14.8 Å². The van der Waals surface area contributed by atoms with E-state index in [1.54, 1.807) is 42.5 Å². The molecule has 0 saturated carbocycles. The fourth-order valence-corrected chi connectivity index (χ4v) is 3.39. The molecule has 2 aromatic carbocycles. The van der Waals surface area contributed by atoms with Crippen molar-refractivity contribution in [1.29, 1.82) is 0 Å². The predicted octanol–water partition coefficient (Wildman–Crippen LogP) is 2.30. The van der Waals surface area contributed by atoms with E-state index in [1.807, 2.05) is 0 Å². The van der Waals surface area contributed by atoms with E-state index < -0.39 is 0 Å². The maximum Gasteiger partial charge on any atom is 0.266 e. The zero-order chi connectivity index (χ0) is 18.7. The minimum atomic E-state index is -0.310. The van der Waals surface area contributed by atoms with E-state index in [4.69, 9.17) is 16.3 Å². The quantitative estimate of drug-likeness (QED) is 0.673. The normalized spacial score (nSPS) is 12.4. The van der Waals surface area contributed by atoms with Crippen molar-refractivity contribution in [3.05, 3.63) is 78.2 Å². The molecule has 2 N–H and O–H groups in total. The highest BCUT2D eigenvalue weighted by molar-refractivity contribution is 7.07. The molecular formula is C19H14ClNO4S. The van der Waals surface area contributed by atoms with Gasteiger partial charge in [0.2, 0.25) is 0 Å². The van der Waals surface area contributed by atoms with Gasteiger partial charge in [-0.1, -0.05) is 29.8 Å². The number of benzene rings is 2. The molecule has 132 valence electrons. The lowest BCUT2D eigenvalue weighted by Crippen LogP contribution is -2.20. The van der Waals surface area contributed by atoms with Crippen molar-refractivity contribution in [2.24, 2.45) is 0 Å². The number of thiazole rings is 1. The van der Waals surface area contributed by atoms with E-state index in [0.29, 0.717) is 31.1 Å². The average molecular weight is 388 g/mol. The Kier molecular flexibility index (Phi) is 5.25. The highest BCUT2D eigenvalue weighted by Crippen LogP contribution is 2.26. The molecule has 1 aromatic heterocycles. The molecule has 3 aromatic rings. The van der Waals surface area contributed by atoms with Gasteiger partial charge in [-0.05, 0) is 35.9 Å². The third-order valence-corrected chi connectivity index (χ3v) is 4.75. The Labute approximate surface area is 157 Å². The first-order chi connectivity index (χ1) is 12.5. The van der Waals surface area contributed by atoms with E-state index in [-0.39, 0.29) is 17.1 Å². The molecule has 0 radical (unpaired) electrons. The number of halogens is 1. The third kappa shape index (κ3) is 4.04. The van der Waals surface area contributed by atoms with Crippen LogP contribution in [0, 0.1) is 0 Å². The summed E-state index contributed by atoms with van der Waals surface area (Å²) in [6, 6.07) is 11.4. The molecule has 0 saturated heterocycles. The van der Waals surface area contributed by atoms with Crippen molar-refractivity contribution >= 4 is 40.9 Å². The second-order valence-electron chi connectivity index (χ2n) is 5.38. The number of rotatable bonds is 4. The van der Waals surface area contributed by atoms with Crippen LogP contribution in [0.15, 0.2) is 47.3 Å². The van der Waals surface area contributed by atoms with Gasteiger partial charge in [0.1, 0.15) is 0 Å². The summed E-state index contributed by atoms with van der Waals surface area (Å²) < 4.78 is 5.84. The molecule has 0 spiro atoms. The predicted molar refractivity (Wildman–Crippen MR) is 103 cm³/mol. The standard InChI is InChI=1S/C19H14ClNO4S/c1-25-16-6-5-11(7-15(16)23)8-17-19(24)21-18(26-17)10-14(22)12-3-2-4-13(20)9-12/h2-10,23H,1H3,(H,21,24)/b17-8+,18-10-. The smallest absolute Gasteiger partial charge is 0.266 e. The number of ketones is 1. The maximum atomic E-state index is 12.3. The number of aromatic nitrogens is 1. The Balaban J connectivity index is 1.97. The van der Waals surface area contributed by atoms with Gasteiger partial charge in [0, 0.05) is 16.7 Å². The molecule has 0 aliphatic carbocycles. The minimum absolute atomic E-state index is 0.0165. The van der Waals surface area contributed by atoms with Gasteiger partial charge >= 0.3 is 0 Å². The van der Waals surface area contributed by atoms with Gasteiger partial charge in [-0.25, -0.2) is 0 Å². The van der Waals surface area contributed by atoms with E-state index in [0.717, 1.165) is 11.3 Å². The Morgan fingerprint density at radius 2 is 2.08 bits per heavy atom. The lowest BCUT2D eigenvalue weighted by atomic mass is 10.1. The molecular weight excluding hydrogens is 374 g/mol. The molecule has 0 fully saturated rings. The number of Topliss-reactive ketones (excluding diaryl/α,β-unsaturated/α-hetero) is 1. The number of hydrogen-bond donors (Lipinski definition) is 2. The maximum absolute atomic E-state index is 12.3. The second-order valence-corrected chi connectivity index (χ2v) is 6.90. The Morgan fingerprint density at radius 1 is 1.27 bits per heavy atom. The molecule has 7 heteroatoms. The number of phenolic OH excluding ortho intramolecular Hbond substituents is 1. The fourth-order valence-electron chi connectivity index (χ4n) is 2.32. The summed E-state index contributed by atoms with van der Waals surface area (Å²) in [6.07, 6.45) is 2.99. The van der Waals surface area contributed by atoms with Crippen LogP contribution in [0.1, 0.15) is 15.9 Å². The number of carbonyl (C=O) groups excluding carboxylic acids is 1. The number of phenols is 1. The Hall–Kier alpha value is -2.83. The van der Waals surface area contributed by atoms with Crippen LogP contribution in [0.4, 0.5) is 0 Å². The van der Waals surface area contributed by atoms with Crippen LogP contribution in [0.2, 0.25) is 5.02 Å². The lowest BCUT2D eigenvalue weighted by Gasteiger charge is -2.02. The molecule has 0 unspecified atom stereocenters. The van der Waals surface area contributed by atoms with Crippen LogP contribution in [-0.4, -0.2) is 23.0 Å². The van der Waals surface area contributed by atoms with Crippen LogP contribution in [0.3, 0.4) is 0 Å². The van der Waals surface area contributed by atoms with Gasteiger partial charge in [0.15, 0.2) is 17.3 Å². The van der Waals surface area contributed by atoms with Gasteiger partial charge in [-0.3, -0.25) is 9.59 Å². The molecule has 5 nitrogen and oxygen atoms in total. The first-order valence-corrected chi connectivity index (χ1v) is 8.75. The van der Waals surface area contributed by atoms with Gasteiger partial charge in [0.25, 0.3) is 5.56 Å². The van der Waals surface area contributed by atoms with Crippen LogP contribution >= 0.6 is 22.9 Å². The van der Waals surface area contributed by atoms with E-state index >= 15 is 0 Å². The lowest BCUT2D eigenvalue weighted by molar-refractivity contribution is 0.106. The first kappa shape index (κ1) is 18.0. The van der Waals surface area contributed by atoms with Crippen LogP contribution < -0.4 is 19.5 Å². The van der Waals surface area contributed by atoms with Crippen LogP contribution in [-0.2, 0) is 0 Å². The summed E-state index contributed by atoms with van der Waals surface area (Å²) in [5.74, 6) is 0.0826. The largest absolute Gasteiger partial charge is 0.504 e. The van der Waals surface area contributed by atoms with Crippen molar-refractivity contribution in [2.45, 2.75) is 0 Å². The summed E-state index contributed by atoms with van der Waals surface area (Å²) in [7, 11) is 1.46. The molecule has 0 aliphatic rings.